The highest BCUT2D eigenvalue weighted by atomic mass is 16.5. The third-order valence-corrected chi connectivity index (χ3v) is 2.39. The van der Waals surface area contributed by atoms with Crippen molar-refractivity contribution in [2.75, 3.05) is 13.2 Å². The molecule has 1 rings (SSSR count). The first-order valence-electron chi connectivity index (χ1n) is 4.97. The molecule has 1 fully saturated rings. The summed E-state index contributed by atoms with van der Waals surface area (Å²) in [7, 11) is 0. The first kappa shape index (κ1) is 9.05. The monoisotopic (exact) mass is 156 g/mol. The second-order valence-corrected chi connectivity index (χ2v) is 3.74. The Morgan fingerprint density at radius 2 is 1.73 bits per heavy atom. The Morgan fingerprint density at radius 1 is 1.00 bits per heavy atom. The molecule has 1 nitrogen and oxygen atoms in total. The molecular weight excluding hydrogens is 136 g/mol. The number of rotatable bonds is 0. The lowest BCUT2D eigenvalue weighted by molar-refractivity contribution is 0.0944. The summed E-state index contributed by atoms with van der Waals surface area (Å²) < 4.78 is 5.52. The zero-order valence-electron chi connectivity index (χ0n) is 7.64. The smallest absolute Gasteiger partial charge is 0.0491 e. The van der Waals surface area contributed by atoms with Crippen molar-refractivity contribution in [3.05, 3.63) is 0 Å². The van der Waals surface area contributed by atoms with E-state index >= 15 is 0 Å². The molecule has 1 heterocycles. The van der Waals surface area contributed by atoms with E-state index in [0.29, 0.717) is 0 Å². The lowest BCUT2D eigenvalue weighted by Crippen LogP contribution is -2.08. The summed E-state index contributed by atoms with van der Waals surface area (Å²) in [5, 5.41) is 0. The predicted octanol–water partition coefficient (Wildman–Crippen LogP) is 2.99. The standard InChI is InChI=1S/C10H20O/c1-10-7-5-3-2-4-6-8-11-9-10/h10H,2-9H2,1H3. The van der Waals surface area contributed by atoms with Crippen molar-refractivity contribution in [2.45, 2.75) is 45.4 Å². The lowest BCUT2D eigenvalue weighted by atomic mass is 10.0. The Bertz CT molecular complexity index is 80.9. The van der Waals surface area contributed by atoms with Crippen molar-refractivity contribution in [1.82, 2.24) is 0 Å². The van der Waals surface area contributed by atoms with Crippen LogP contribution in [0.1, 0.15) is 45.4 Å². The summed E-state index contributed by atoms with van der Waals surface area (Å²) in [6.07, 6.45) is 8.26. The van der Waals surface area contributed by atoms with E-state index < -0.39 is 0 Å². The van der Waals surface area contributed by atoms with Crippen molar-refractivity contribution in [3.8, 4) is 0 Å². The molecular formula is C10H20O. The molecule has 1 aliphatic rings. The van der Waals surface area contributed by atoms with Gasteiger partial charge in [0.2, 0.25) is 0 Å². The van der Waals surface area contributed by atoms with E-state index in [2.05, 4.69) is 6.92 Å². The minimum Gasteiger partial charge on any atom is -0.381 e. The van der Waals surface area contributed by atoms with Crippen LogP contribution in [0.2, 0.25) is 0 Å². The molecule has 0 aromatic rings. The fraction of sp³-hybridized carbons (Fsp3) is 1.00. The maximum absolute atomic E-state index is 5.52. The van der Waals surface area contributed by atoms with Crippen molar-refractivity contribution in [3.63, 3.8) is 0 Å². The van der Waals surface area contributed by atoms with E-state index in [0.717, 1.165) is 19.1 Å². The van der Waals surface area contributed by atoms with Crippen LogP contribution in [0.25, 0.3) is 0 Å². The molecule has 0 saturated carbocycles. The molecule has 11 heavy (non-hydrogen) atoms. The average molecular weight is 156 g/mol. The van der Waals surface area contributed by atoms with Gasteiger partial charge in [0, 0.05) is 13.2 Å². The third kappa shape index (κ3) is 4.41. The second kappa shape index (κ2) is 5.59. The second-order valence-electron chi connectivity index (χ2n) is 3.74. The average Bonchev–Trinajstić information content (AvgIpc) is 2.03. The summed E-state index contributed by atoms with van der Waals surface area (Å²) in [6.45, 7) is 4.27. The van der Waals surface area contributed by atoms with Crippen molar-refractivity contribution < 1.29 is 4.74 Å². The topological polar surface area (TPSA) is 9.23 Å². The molecule has 1 saturated heterocycles. The molecule has 0 aliphatic carbocycles. The molecule has 0 aromatic carbocycles. The van der Waals surface area contributed by atoms with Gasteiger partial charge in [0.05, 0.1) is 0 Å². The van der Waals surface area contributed by atoms with Gasteiger partial charge in [-0.3, -0.25) is 0 Å². The molecule has 1 heteroatoms. The van der Waals surface area contributed by atoms with Crippen LogP contribution in [0.3, 0.4) is 0 Å². The molecule has 0 N–H and O–H groups in total. The molecule has 0 amide bonds. The van der Waals surface area contributed by atoms with Crippen LogP contribution in [-0.4, -0.2) is 13.2 Å². The Morgan fingerprint density at radius 3 is 2.64 bits per heavy atom. The summed E-state index contributed by atoms with van der Waals surface area (Å²) in [6, 6.07) is 0. The Kier molecular flexibility index (Phi) is 4.60. The van der Waals surface area contributed by atoms with E-state index in [1.165, 1.54) is 38.5 Å². The van der Waals surface area contributed by atoms with Gasteiger partial charge in [0.25, 0.3) is 0 Å². The van der Waals surface area contributed by atoms with Gasteiger partial charge < -0.3 is 4.74 Å². The van der Waals surface area contributed by atoms with Crippen molar-refractivity contribution >= 4 is 0 Å². The van der Waals surface area contributed by atoms with E-state index in [-0.39, 0.29) is 0 Å². The molecule has 0 bridgehead atoms. The van der Waals surface area contributed by atoms with Crippen LogP contribution < -0.4 is 0 Å². The van der Waals surface area contributed by atoms with Crippen LogP contribution in [-0.2, 0) is 4.74 Å². The highest BCUT2D eigenvalue weighted by Gasteiger charge is 2.03. The van der Waals surface area contributed by atoms with E-state index in [1.54, 1.807) is 0 Å². The van der Waals surface area contributed by atoms with Crippen LogP contribution in [0.15, 0.2) is 0 Å². The summed E-state index contributed by atoms with van der Waals surface area (Å²) in [4.78, 5) is 0. The molecule has 1 unspecified atom stereocenters. The first-order chi connectivity index (χ1) is 5.39. The molecule has 1 atom stereocenters. The van der Waals surface area contributed by atoms with Gasteiger partial charge in [0.1, 0.15) is 0 Å². The Labute approximate surface area is 70.1 Å². The highest BCUT2D eigenvalue weighted by Crippen LogP contribution is 2.13. The zero-order chi connectivity index (χ0) is 7.94. The third-order valence-electron chi connectivity index (χ3n) is 2.39. The summed E-state index contributed by atoms with van der Waals surface area (Å²) in [5.74, 6) is 0.785. The maximum Gasteiger partial charge on any atom is 0.0491 e. The SMILES string of the molecule is CC1CCCCCCCOC1. The van der Waals surface area contributed by atoms with E-state index in [4.69, 9.17) is 4.74 Å². The first-order valence-corrected chi connectivity index (χ1v) is 4.97. The van der Waals surface area contributed by atoms with Gasteiger partial charge in [-0.2, -0.15) is 0 Å². The van der Waals surface area contributed by atoms with Gasteiger partial charge in [0.15, 0.2) is 0 Å². The Hall–Kier alpha value is -0.0400. The molecule has 0 aromatic heterocycles. The van der Waals surface area contributed by atoms with Gasteiger partial charge >= 0.3 is 0 Å². The fourth-order valence-electron chi connectivity index (χ4n) is 1.60. The highest BCUT2D eigenvalue weighted by molar-refractivity contribution is 4.54. The largest absolute Gasteiger partial charge is 0.381 e. The molecule has 0 spiro atoms. The molecule has 1 aliphatic heterocycles. The van der Waals surface area contributed by atoms with Crippen LogP contribution in [0.4, 0.5) is 0 Å². The van der Waals surface area contributed by atoms with Gasteiger partial charge in [-0.25, -0.2) is 0 Å². The van der Waals surface area contributed by atoms with Crippen LogP contribution in [0.5, 0.6) is 0 Å². The van der Waals surface area contributed by atoms with Crippen LogP contribution in [0, 0.1) is 5.92 Å². The van der Waals surface area contributed by atoms with Gasteiger partial charge in [-0.1, -0.05) is 32.6 Å². The number of hydrogen-bond donors (Lipinski definition) is 0. The zero-order valence-corrected chi connectivity index (χ0v) is 7.64. The fourth-order valence-corrected chi connectivity index (χ4v) is 1.60. The quantitative estimate of drug-likeness (QED) is 0.524. The predicted molar refractivity (Wildman–Crippen MR) is 47.7 cm³/mol. The van der Waals surface area contributed by atoms with Crippen molar-refractivity contribution in [2.24, 2.45) is 5.92 Å². The number of ether oxygens (including phenoxy) is 1. The molecule has 66 valence electrons. The lowest BCUT2D eigenvalue weighted by Gasteiger charge is -2.13. The van der Waals surface area contributed by atoms with Gasteiger partial charge in [-0.05, 0) is 18.8 Å². The molecule has 0 radical (unpaired) electrons. The van der Waals surface area contributed by atoms with Gasteiger partial charge in [-0.15, -0.1) is 0 Å². The van der Waals surface area contributed by atoms with Crippen LogP contribution >= 0.6 is 0 Å². The number of hydrogen-bond acceptors (Lipinski definition) is 1. The normalized spacial score (nSPS) is 29.7. The summed E-state index contributed by atoms with van der Waals surface area (Å²) >= 11 is 0. The van der Waals surface area contributed by atoms with E-state index in [1.807, 2.05) is 0 Å². The maximum atomic E-state index is 5.52. The van der Waals surface area contributed by atoms with E-state index in [9.17, 15) is 0 Å². The Balaban J connectivity index is 2.12. The minimum absolute atomic E-state index is 0.785. The summed E-state index contributed by atoms with van der Waals surface area (Å²) in [5.41, 5.74) is 0. The minimum atomic E-state index is 0.785. The van der Waals surface area contributed by atoms with Crippen molar-refractivity contribution in [1.29, 1.82) is 0 Å².